The molecule has 0 N–H and O–H groups in total. The molecule has 4 nitrogen and oxygen atoms in total. The Morgan fingerprint density at radius 3 is 2.12 bits per heavy atom. The lowest BCUT2D eigenvalue weighted by Crippen LogP contribution is -2.00. The number of thiophene rings is 1. The Hall–Kier alpha value is -6.04. The van der Waals surface area contributed by atoms with E-state index in [2.05, 4.69) is 95.6 Å². The lowest BCUT2D eigenvalue weighted by atomic mass is 9.95. The van der Waals surface area contributed by atoms with E-state index in [1.54, 1.807) is 0 Å². The van der Waals surface area contributed by atoms with Crippen molar-refractivity contribution in [1.82, 2.24) is 14.5 Å². The molecular weight excluding hydrogens is 643 g/mol. The largest absolute Gasteiger partial charge is 0.438 e. The van der Waals surface area contributed by atoms with E-state index in [4.69, 9.17) is 14.4 Å². The third-order valence-electron chi connectivity index (χ3n) is 10.1. The molecule has 11 rings (SSSR count). The molecule has 0 unspecified atom stereocenters. The maximum atomic E-state index is 6.31. The Labute approximate surface area is 298 Å². The van der Waals surface area contributed by atoms with Gasteiger partial charge in [0.15, 0.2) is 5.82 Å². The lowest BCUT2D eigenvalue weighted by Gasteiger charge is -2.13. The van der Waals surface area contributed by atoms with Crippen molar-refractivity contribution in [3.63, 3.8) is 0 Å². The normalized spacial score (nSPS) is 12.7. The third-order valence-corrected chi connectivity index (χ3v) is 11.3. The average Bonchev–Trinajstić information content (AvgIpc) is 3.89. The highest BCUT2D eigenvalue weighted by atomic mass is 32.1. The summed E-state index contributed by atoms with van der Waals surface area (Å²) in [6, 6.07) is 45.0. The fraction of sp³-hybridized carbons (Fsp3) is 0.0870. The number of aromatic nitrogens is 3. The van der Waals surface area contributed by atoms with Crippen LogP contribution in [0.4, 0.5) is 0 Å². The molecule has 0 fully saturated rings. The maximum Gasteiger partial charge on any atom is 0.231 e. The minimum absolute atomic E-state index is 0.601. The monoisotopic (exact) mass is 675 g/mol. The second kappa shape index (κ2) is 11.8. The van der Waals surface area contributed by atoms with Gasteiger partial charge >= 0.3 is 0 Å². The van der Waals surface area contributed by atoms with E-state index < -0.39 is 0 Å². The highest BCUT2D eigenvalue weighted by Crippen LogP contribution is 2.48. The Morgan fingerprint density at radius 2 is 1.31 bits per heavy atom. The number of nitrogens with zero attached hydrogens (tertiary/aromatic N) is 3. The summed E-state index contributed by atoms with van der Waals surface area (Å²) >= 11 is 1.91. The summed E-state index contributed by atoms with van der Waals surface area (Å²) in [7, 11) is 0. The Kier molecular flexibility index (Phi) is 6.90. The minimum atomic E-state index is 0.601. The van der Waals surface area contributed by atoms with Gasteiger partial charge in [-0.25, -0.2) is 4.98 Å². The number of fused-ring (bicyclic) bond motifs is 13. The summed E-state index contributed by atoms with van der Waals surface area (Å²) in [5.41, 5.74) is 9.43. The number of hydrogen-bond acceptors (Lipinski definition) is 4. The molecule has 244 valence electrons. The zero-order valence-corrected chi connectivity index (χ0v) is 29.2. The van der Waals surface area contributed by atoms with Crippen molar-refractivity contribution in [2.45, 2.75) is 26.7 Å². The first-order valence-electron chi connectivity index (χ1n) is 17.7. The van der Waals surface area contributed by atoms with Crippen LogP contribution in [0.15, 0.2) is 138 Å². The fourth-order valence-corrected chi connectivity index (χ4v) is 9.24. The van der Waals surface area contributed by atoms with Crippen molar-refractivity contribution < 1.29 is 4.42 Å². The van der Waals surface area contributed by atoms with E-state index in [0.29, 0.717) is 11.5 Å². The second-order valence-electron chi connectivity index (χ2n) is 12.8. The van der Waals surface area contributed by atoms with Gasteiger partial charge in [0, 0.05) is 48.8 Å². The van der Waals surface area contributed by atoms with E-state index in [9.17, 15) is 0 Å². The van der Waals surface area contributed by atoms with Crippen LogP contribution in [0, 0.1) is 0 Å². The van der Waals surface area contributed by atoms with Gasteiger partial charge in [-0.1, -0.05) is 123 Å². The SMILES string of the molecule is C1=Cc2c(c3c4ccccc4c4c5ccccc5sc4c3n2-c2ccc(-c3nc(-c4ccccc4)nc4oc5ccccc5c34)cc2)CC1.CC. The highest BCUT2D eigenvalue weighted by molar-refractivity contribution is 7.27. The van der Waals surface area contributed by atoms with Gasteiger partial charge in [-0.05, 0) is 59.5 Å². The molecule has 10 aromatic rings. The first kappa shape index (κ1) is 29.8. The molecule has 4 aromatic heterocycles. The average molecular weight is 676 g/mol. The Morgan fingerprint density at radius 1 is 0.627 bits per heavy atom. The van der Waals surface area contributed by atoms with Crippen LogP contribution >= 0.6 is 11.3 Å². The summed E-state index contributed by atoms with van der Waals surface area (Å²) in [4.78, 5) is 10.1. The van der Waals surface area contributed by atoms with Gasteiger partial charge in [0.1, 0.15) is 5.58 Å². The van der Waals surface area contributed by atoms with Crippen molar-refractivity contribution in [2.75, 3.05) is 0 Å². The van der Waals surface area contributed by atoms with Crippen LogP contribution in [-0.4, -0.2) is 14.5 Å². The van der Waals surface area contributed by atoms with Crippen molar-refractivity contribution in [1.29, 1.82) is 0 Å². The number of hydrogen-bond donors (Lipinski definition) is 0. The van der Waals surface area contributed by atoms with Crippen LogP contribution in [0.3, 0.4) is 0 Å². The molecule has 1 aliphatic carbocycles. The second-order valence-corrected chi connectivity index (χ2v) is 13.9. The number of para-hydroxylation sites is 1. The van der Waals surface area contributed by atoms with Gasteiger partial charge < -0.3 is 8.98 Å². The third kappa shape index (κ3) is 4.44. The molecule has 4 heterocycles. The molecular formula is C46H33N3OS. The van der Waals surface area contributed by atoms with Crippen molar-refractivity contribution >= 4 is 81.3 Å². The van der Waals surface area contributed by atoms with Crippen LogP contribution in [0.25, 0.3) is 98.3 Å². The van der Waals surface area contributed by atoms with E-state index >= 15 is 0 Å². The molecule has 0 aliphatic heterocycles. The van der Waals surface area contributed by atoms with E-state index in [0.717, 1.165) is 51.7 Å². The van der Waals surface area contributed by atoms with E-state index in [1.807, 2.05) is 73.7 Å². The molecule has 0 amide bonds. The maximum absolute atomic E-state index is 6.31. The zero-order valence-electron chi connectivity index (χ0n) is 28.4. The van der Waals surface area contributed by atoms with Crippen LogP contribution in [0.2, 0.25) is 0 Å². The number of furan rings is 1. The molecule has 6 aromatic carbocycles. The van der Waals surface area contributed by atoms with Crippen molar-refractivity contribution in [2.24, 2.45) is 0 Å². The van der Waals surface area contributed by atoms with Gasteiger partial charge in [0.05, 0.1) is 21.3 Å². The predicted octanol–water partition coefficient (Wildman–Crippen LogP) is 13.2. The van der Waals surface area contributed by atoms with Gasteiger partial charge in [0.2, 0.25) is 5.71 Å². The molecule has 0 spiro atoms. The van der Waals surface area contributed by atoms with Gasteiger partial charge in [-0.2, -0.15) is 4.98 Å². The lowest BCUT2D eigenvalue weighted by molar-refractivity contribution is 0.653. The van der Waals surface area contributed by atoms with E-state index in [-0.39, 0.29) is 0 Å². The highest BCUT2D eigenvalue weighted by Gasteiger charge is 2.25. The van der Waals surface area contributed by atoms with Gasteiger partial charge in [-0.3, -0.25) is 0 Å². The number of allylic oxidation sites excluding steroid dienone is 1. The van der Waals surface area contributed by atoms with Crippen molar-refractivity contribution in [3.05, 3.63) is 145 Å². The van der Waals surface area contributed by atoms with E-state index in [1.165, 1.54) is 53.1 Å². The predicted molar refractivity (Wildman–Crippen MR) is 216 cm³/mol. The molecule has 0 bridgehead atoms. The zero-order chi connectivity index (χ0) is 34.1. The summed E-state index contributed by atoms with van der Waals surface area (Å²) in [5.74, 6) is 0.654. The Bertz CT molecular complexity index is 2980. The fourth-order valence-electron chi connectivity index (χ4n) is 7.98. The van der Waals surface area contributed by atoms with Crippen molar-refractivity contribution in [3.8, 4) is 28.3 Å². The summed E-state index contributed by atoms with van der Waals surface area (Å²) in [6.07, 6.45) is 6.74. The quantitative estimate of drug-likeness (QED) is 0.187. The summed E-state index contributed by atoms with van der Waals surface area (Å²) < 4.78 is 11.5. The molecule has 0 radical (unpaired) electrons. The standard InChI is InChI=1S/C44H27N3OS.C2H6/c1-2-12-27(13-3-1)43-45-40(39-32-17-7-10-20-35(32)48-44(39)46-43)26-22-24-28(25-23-26)47-34-19-9-6-16-31(34)37-29-14-4-5-15-30(29)38-33-18-8-11-21-36(33)49-42(38)41(37)47;1-2/h1-5,7-15,17-25H,6,16H2;1-2H3. The molecule has 5 heteroatoms. The first-order valence-corrected chi connectivity index (χ1v) is 18.5. The molecule has 1 aliphatic rings. The molecule has 0 saturated heterocycles. The van der Waals surface area contributed by atoms with Gasteiger partial charge in [0.25, 0.3) is 0 Å². The number of benzene rings is 6. The topological polar surface area (TPSA) is 43.9 Å². The van der Waals surface area contributed by atoms with Crippen LogP contribution < -0.4 is 0 Å². The molecule has 0 saturated carbocycles. The molecule has 51 heavy (non-hydrogen) atoms. The smallest absolute Gasteiger partial charge is 0.231 e. The molecule has 0 atom stereocenters. The van der Waals surface area contributed by atoms with Crippen LogP contribution in [0.1, 0.15) is 31.5 Å². The first-order chi connectivity index (χ1) is 25.3. The number of rotatable bonds is 3. The number of aryl methyl sites for hydroxylation is 1. The van der Waals surface area contributed by atoms with Gasteiger partial charge in [-0.15, -0.1) is 11.3 Å². The van der Waals surface area contributed by atoms with Crippen LogP contribution in [0.5, 0.6) is 0 Å². The summed E-state index contributed by atoms with van der Waals surface area (Å²) in [6.45, 7) is 4.00. The minimum Gasteiger partial charge on any atom is -0.438 e. The summed E-state index contributed by atoms with van der Waals surface area (Å²) in [5, 5.41) is 8.68. The van der Waals surface area contributed by atoms with Crippen LogP contribution in [-0.2, 0) is 6.42 Å². The Balaban J connectivity index is 0.00000161.